The number of nitrogens with one attached hydrogen (secondary N) is 1. The maximum Gasteiger partial charge on any atom is 0.311 e. The third-order valence-corrected chi connectivity index (χ3v) is 14.3. The first-order valence-corrected chi connectivity index (χ1v) is 21.7. The Kier molecular flexibility index (Phi) is 10.9. The number of carbonyl (C=O) groups excluding carboxylic acids is 4. The summed E-state index contributed by atoms with van der Waals surface area (Å²) in [4.78, 5) is 73.5. The number of methoxy groups -OCH3 is 1. The summed E-state index contributed by atoms with van der Waals surface area (Å²) in [5, 5.41) is 18.5. The number of hydrogen-bond acceptors (Lipinski definition) is 12. The largest absolute Gasteiger partial charge is 0.490 e. The van der Waals surface area contributed by atoms with Crippen LogP contribution in [0, 0.1) is 21.4 Å². The van der Waals surface area contributed by atoms with Gasteiger partial charge in [0.1, 0.15) is 6.04 Å². The molecule has 0 bridgehead atoms. The number of likely N-dealkylation sites (tertiary alicyclic amines) is 2. The third kappa shape index (κ3) is 7.63. The number of aryl methyl sites for hydroxylation is 1. The van der Waals surface area contributed by atoms with E-state index in [0.717, 1.165) is 112 Å². The van der Waals surface area contributed by atoms with Crippen molar-refractivity contribution in [2.75, 3.05) is 75.8 Å². The molecule has 60 heavy (non-hydrogen) atoms. The summed E-state index contributed by atoms with van der Waals surface area (Å²) in [5.41, 5.74) is 4.43. The quantitative estimate of drug-likeness (QED) is 0.183. The molecular formula is C44H55N9O7. The van der Waals surface area contributed by atoms with Crippen molar-refractivity contribution in [1.82, 2.24) is 29.8 Å². The number of imide groups is 2. The lowest BCUT2D eigenvalue weighted by Gasteiger charge is -2.49. The predicted molar refractivity (Wildman–Crippen MR) is 224 cm³/mol. The highest BCUT2D eigenvalue weighted by atomic mass is 16.6. The zero-order valence-electron chi connectivity index (χ0n) is 34.6. The monoisotopic (exact) mass is 821 g/mol. The molecule has 1 unspecified atom stereocenters. The fourth-order valence-corrected chi connectivity index (χ4v) is 11.0. The molecule has 0 radical (unpaired) electrons. The SMILES string of the molecule is COc1cc(N2CCC(N3CCC(CN4CCCC5(CCN(c6ccc7c(c6)C(=O)N(C6CCC(=O)NC6=O)C7=O)CC5)C4)CC3)CC2)c(-c2cnn(C)c2)cc1[N+](=O)[O-]. The number of benzene rings is 2. The Morgan fingerprint density at radius 3 is 2.30 bits per heavy atom. The molecule has 1 spiro atoms. The summed E-state index contributed by atoms with van der Waals surface area (Å²) >= 11 is 0. The molecule has 16 heteroatoms. The van der Waals surface area contributed by atoms with Gasteiger partial charge in [0, 0.05) is 99.6 Å². The number of rotatable bonds is 9. The Hall–Kier alpha value is -5.35. The highest BCUT2D eigenvalue weighted by Crippen LogP contribution is 2.44. The molecule has 0 saturated carbocycles. The van der Waals surface area contributed by atoms with Crippen LogP contribution in [0.4, 0.5) is 17.1 Å². The number of fused-ring (bicyclic) bond motifs is 1. The number of ether oxygens (including phenoxy) is 1. The molecule has 2 aromatic carbocycles. The lowest BCUT2D eigenvalue weighted by molar-refractivity contribution is -0.385. The van der Waals surface area contributed by atoms with E-state index in [0.29, 0.717) is 28.5 Å². The minimum absolute atomic E-state index is 0.0438. The first-order valence-electron chi connectivity index (χ1n) is 21.7. The Morgan fingerprint density at radius 2 is 1.62 bits per heavy atom. The van der Waals surface area contributed by atoms with Crippen molar-refractivity contribution >= 4 is 40.7 Å². The van der Waals surface area contributed by atoms with Crippen molar-refractivity contribution in [2.24, 2.45) is 18.4 Å². The summed E-state index contributed by atoms with van der Waals surface area (Å²) in [6, 6.07) is 8.48. The number of piperidine rings is 5. The summed E-state index contributed by atoms with van der Waals surface area (Å²) in [6.45, 7) is 9.22. The summed E-state index contributed by atoms with van der Waals surface area (Å²) < 4.78 is 7.19. The highest BCUT2D eigenvalue weighted by molar-refractivity contribution is 6.23. The van der Waals surface area contributed by atoms with E-state index in [4.69, 9.17) is 4.74 Å². The zero-order chi connectivity index (χ0) is 41.7. The third-order valence-electron chi connectivity index (χ3n) is 14.3. The van der Waals surface area contributed by atoms with Crippen LogP contribution in [0.1, 0.15) is 84.9 Å². The van der Waals surface area contributed by atoms with Gasteiger partial charge in [0.05, 0.1) is 29.4 Å². The van der Waals surface area contributed by atoms with Crippen LogP contribution in [0.25, 0.3) is 11.1 Å². The van der Waals surface area contributed by atoms with Gasteiger partial charge in [-0.05, 0) is 107 Å². The smallest absolute Gasteiger partial charge is 0.311 e. The maximum atomic E-state index is 13.5. The van der Waals surface area contributed by atoms with Gasteiger partial charge in [-0.15, -0.1) is 0 Å². The molecule has 7 heterocycles. The van der Waals surface area contributed by atoms with Crippen LogP contribution in [0.5, 0.6) is 5.75 Å². The predicted octanol–water partition coefficient (Wildman–Crippen LogP) is 4.47. The second kappa shape index (κ2) is 16.3. The number of hydrogen-bond donors (Lipinski definition) is 1. The van der Waals surface area contributed by atoms with E-state index in [1.54, 1.807) is 23.0 Å². The van der Waals surface area contributed by atoms with Crippen molar-refractivity contribution in [3.8, 4) is 16.9 Å². The van der Waals surface area contributed by atoms with Gasteiger partial charge in [0.2, 0.25) is 11.8 Å². The molecule has 5 saturated heterocycles. The first kappa shape index (κ1) is 40.1. The van der Waals surface area contributed by atoms with E-state index < -0.39 is 23.8 Å². The van der Waals surface area contributed by atoms with Crippen LogP contribution >= 0.6 is 0 Å². The van der Waals surface area contributed by atoms with Gasteiger partial charge in [-0.1, -0.05) is 0 Å². The van der Waals surface area contributed by atoms with Crippen molar-refractivity contribution in [2.45, 2.75) is 76.3 Å². The Bertz CT molecular complexity index is 2180. The second-order valence-corrected chi connectivity index (χ2v) is 17.9. The minimum Gasteiger partial charge on any atom is -0.490 e. The van der Waals surface area contributed by atoms with E-state index in [-0.39, 0.29) is 35.1 Å². The maximum absolute atomic E-state index is 13.5. The van der Waals surface area contributed by atoms with E-state index >= 15 is 0 Å². The standard InChI is InChI=1S/C44H55N9O7/c1-47-27-30(25-45-47)34-23-38(53(58)59)39(60-2)24-37(34)51-18-10-31(11-19-51)49-16-8-29(9-17-49)26-48-15-3-12-44(28-48)13-20-50(21-14-44)32-4-5-33-35(22-32)43(57)52(42(33)56)36-6-7-40(54)46-41(36)55/h4-5,22-25,27,29,31,36H,3,6-21,26,28H2,1-2H3,(H,46,54,55). The molecular weight excluding hydrogens is 767 g/mol. The van der Waals surface area contributed by atoms with Crippen LogP contribution in [-0.4, -0.2) is 131 Å². The highest BCUT2D eigenvalue weighted by Gasteiger charge is 2.45. The van der Waals surface area contributed by atoms with E-state index in [2.05, 4.69) is 30.0 Å². The fraction of sp³-hybridized carbons (Fsp3) is 0.568. The molecule has 1 atom stereocenters. The second-order valence-electron chi connectivity index (χ2n) is 17.9. The van der Waals surface area contributed by atoms with Crippen LogP contribution in [0.2, 0.25) is 0 Å². The average Bonchev–Trinajstić information content (AvgIpc) is 3.80. The lowest BCUT2D eigenvalue weighted by atomic mass is 9.72. The van der Waals surface area contributed by atoms with Gasteiger partial charge in [-0.25, -0.2) is 0 Å². The van der Waals surface area contributed by atoms with Crippen LogP contribution in [0.15, 0.2) is 42.7 Å². The number of nitrogens with zero attached hydrogens (tertiary/aromatic N) is 8. The number of nitro groups is 1. The first-order chi connectivity index (χ1) is 29.0. The fourth-order valence-electron chi connectivity index (χ4n) is 11.0. The van der Waals surface area contributed by atoms with Crippen LogP contribution < -0.4 is 19.9 Å². The normalized spacial score (nSPS) is 23.4. The molecule has 1 N–H and O–H groups in total. The molecule has 16 nitrogen and oxygen atoms in total. The van der Waals surface area contributed by atoms with Crippen LogP contribution in [-0.2, 0) is 16.6 Å². The Balaban J connectivity index is 0.757. The van der Waals surface area contributed by atoms with Crippen molar-refractivity contribution in [1.29, 1.82) is 0 Å². The van der Waals surface area contributed by atoms with Gasteiger partial charge in [0.25, 0.3) is 11.8 Å². The summed E-state index contributed by atoms with van der Waals surface area (Å²) in [5.74, 6) is -0.945. The zero-order valence-corrected chi connectivity index (χ0v) is 34.6. The molecule has 318 valence electrons. The number of carbonyl (C=O) groups is 4. The number of aromatic nitrogens is 2. The molecule has 0 aliphatic carbocycles. The van der Waals surface area contributed by atoms with Gasteiger partial charge in [-0.3, -0.25) is 44.2 Å². The van der Waals surface area contributed by atoms with Gasteiger partial charge in [0.15, 0.2) is 5.75 Å². The molecule has 3 aromatic rings. The number of anilines is 2. The topological polar surface area (TPSA) is 167 Å². The molecule has 9 rings (SSSR count). The molecule has 4 amide bonds. The minimum atomic E-state index is -0.963. The molecule has 6 aliphatic rings. The Labute approximate surface area is 349 Å². The van der Waals surface area contributed by atoms with E-state index in [1.165, 1.54) is 32.8 Å². The van der Waals surface area contributed by atoms with Gasteiger partial charge < -0.3 is 24.3 Å². The van der Waals surface area contributed by atoms with E-state index in [9.17, 15) is 29.3 Å². The summed E-state index contributed by atoms with van der Waals surface area (Å²) in [7, 11) is 3.33. The average molecular weight is 822 g/mol. The lowest BCUT2D eigenvalue weighted by Crippen LogP contribution is -2.54. The van der Waals surface area contributed by atoms with E-state index in [1.807, 2.05) is 31.4 Å². The molecule has 6 aliphatic heterocycles. The van der Waals surface area contributed by atoms with Gasteiger partial charge in [-0.2, -0.15) is 5.10 Å². The molecule has 1 aromatic heterocycles. The molecule has 5 fully saturated rings. The summed E-state index contributed by atoms with van der Waals surface area (Å²) in [6.07, 6.45) is 13.0. The van der Waals surface area contributed by atoms with Crippen molar-refractivity contribution in [3.05, 3.63) is 64.0 Å². The number of amides is 4. The van der Waals surface area contributed by atoms with Crippen molar-refractivity contribution < 1.29 is 28.8 Å². The van der Waals surface area contributed by atoms with Crippen molar-refractivity contribution in [3.63, 3.8) is 0 Å². The number of nitro benzene ring substituents is 1. The van der Waals surface area contributed by atoms with Crippen LogP contribution in [0.3, 0.4) is 0 Å². The van der Waals surface area contributed by atoms with Gasteiger partial charge >= 0.3 is 5.69 Å². The Morgan fingerprint density at radius 1 is 0.867 bits per heavy atom.